The summed E-state index contributed by atoms with van der Waals surface area (Å²) in [5, 5.41) is 3.17. The summed E-state index contributed by atoms with van der Waals surface area (Å²) in [6, 6.07) is 8.18. The Morgan fingerprint density at radius 3 is 2.69 bits per heavy atom. The van der Waals surface area contributed by atoms with Crippen molar-refractivity contribution in [3.05, 3.63) is 29.8 Å². The topological polar surface area (TPSA) is 30.5 Å². The first kappa shape index (κ1) is 11.4. The molecule has 0 spiro atoms. The summed E-state index contributed by atoms with van der Waals surface area (Å²) in [4.78, 5) is 0. The second-order valence-electron chi connectivity index (χ2n) is 4.53. The van der Waals surface area contributed by atoms with E-state index in [9.17, 15) is 0 Å². The predicted molar refractivity (Wildman–Crippen MR) is 63.5 cm³/mol. The molecule has 0 radical (unpaired) electrons. The van der Waals surface area contributed by atoms with Gasteiger partial charge in [0, 0.05) is 6.54 Å². The summed E-state index contributed by atoms with van der Waals surface area (Å²) in [5.41, 5.74) is 1.21. The molecule has 1 unspecified atom stereocenters. The maximum absolute atomic E-state index is 5.63. The van der Waals surface area contributed by atoms with Crippen molar-refractivity contribution in [3.63, 3.8) is 0 Å². The van der Waals surface area contributed by atoms with Gasteiger partial charge in [-0.2, -0.15) is 0 Å². The third-order valence-electron chi connectivity index (χ3n) is 2.55. The van der Waals surface area contributed by atoms with Crippen molar-refractivity contribution in [3.8, 4) is 5.75 Å². The molecule has 88 valence electrons. The van der Waals surface area contributed by atoms with Gasteiger partial charge in [0.1, 0.15) is 5.75 Å². The molecule has 2 rings (SSSR count). The van der Waals surface area contributed by atoms with Crippen LogP contribution in [-0.4, -0.2) is 19.9 Å². The van der Waals surface area contributed by atoms with E-state index in [0.29, 0.717) is 12.6 Å². The molecule has 0 saturated carbocycles. The molecule has 1 aromatic rings. The Hall–Kier alpha value is -1.06. The predicted octanol–water partition coefficient (Wildman–Crippen LogP) is 2.34. The molecule has 16 heavy (non-hydrogen) atoms. The van der Waals surface area contributed by atoms with E-state index >= 15 is 0 Å². The van der Waals surface area contributed by atoms with Crippen LogP contribution in [0.3, 0.4) is 0 Å². The van der Waals surface area contributed by atoms with Gasteiger partial charge in [-0.3, -0.25) is 5.32 Å². The molecule has 0 bridgehead atoms. The van der Waals surface area contributed by atoms with E-state index in [0.717, 1.165) is 18.9 Å². The number of nitrogens with one attached hydrogen (secondary N) is 1. The van der Waals surface area contributed by atoms with Gasteiger partial charge in [0.15, 0.2) is 0 Å². The van der Waals surface area contributed by atoms with Gasteiger partial charge in [-0.1, -0.05) is 26.0 Å². The fourth-order valence-corrected chi connectivity index (χ4v) is 1.66. The van der Waals surface area contributed by atoms with Gasteiger partial charge in [-0.05, 0) is 23.6 Å². The molecular formula is C13H19NO2. The van der Waals surface area contributed by atoms with Gasteiger partial charge in [-0.15, -0.1) is 0 Å². The van der Waals surface area contributed by atoms with Crippen LogP contribution in [0.15, 0.2) is 24.3 Å². The van der Waals surface area contributed by atoms with Crippen LogP contribution >= 0.6 is 0 Å². The lowest BCUT2D eigenvalue weighted by Gasteiger charge is -2.11. The number of hydrogen-bond acceptors (Lipinski definition) is 3. The normalized spacial score (nSPS) is 20.3. The van der Waals surface area contributed by atoms with Crippen molar-refractivity contribution in [1.29, 1.82) is 0 Å². The van der Waals surface area contributed by atoms with Crippen molar-refractivity contribution in [2.45, 2.75) is 20.0 Å². The van der Waals surface area contributed by atoms with Crippen LogP contribution in [0, 0.1) is 5.92 Å². The quantitative estimate of drug-likeness (QED) is 0.846. The maximum atomic E-state index is 5.63. The Kier molecular flexibility index (Phi) is 3.80. The molecular weight excluding hydrogens is 202 g/mol. The second-order valence-corrected chi connectivity index (χ2v) is 4.53. The summed E-state index contributed by atoms with van der Waals surface area (Å²) in [6.07, 6.45) is 0.194. The number of benzene rings is 1. The molecule has 0 aromatic heterocycles. The lowest BCUT2D eigenvalue weighted by molar-refractivity contribution is 0.114. The number of rotatable bonds is 4. The standard InChI is InChI=1S/C13H19NO2/c1-10(2)8-15-12-5-3-11(4-6-12)13-7-14-9-16-13/h3-6,10,13-14H,7-9H2,1-2H3. The Bertz CT molecular complexity index is 315. The average molecular weight is 221 g/mol. The van der Waals surface area contributed by atoms with Gasteiger partial charge < -0.3 is 9.47 Å². The molecule has 0 amide bonds. The van der Waals surface area contributed by atoms with Crippen LogP contribution in [0.5, 0.6) is 5.75 Å². The van der Waals surface area contributed by atoms with Crippen molar-refractivity contribution < 1.29 is 9.47 Å². The van der Waals surface area contributed by atoms with E-state index in [2.05, 4.69) is 31.3 Å². The van der Waals surface area contributed by atoms with Gasteiger partial charge in [0.05, 0.1) is 19.4 Å². The highest BCUT2D eigenvalue weighted by Crippen LogP contribution is 2.22. The molecule has 1 atom stereocenters. The van der Waals surface area contributed by atoms with Crippen LogP contribution < -0.4 is 10.1 Å². The summed E-state index contributed by atoms with van der Waals surface area (Å²) in [5.74, 6) is 1.49. The van der Waals surface area contributed by atoms with Crippen LogP contribution in [0.4, 0.5) is 0 Å². The van der Waals surface area contributed by atoms with Gasteiger partial charge in [0.25, 0.3) is 0 Å². The minimum absolute atomic E-state index is 0.194. The first-order valence-corrected chi connectivity index (χ1v) is 5.81. The summed E-state index contributed by atoms with van der Waals surface area (Å²) >= 11 is 0. The van der Waals surface area contributed by atoms with Gasteiger partial charge in [-0.25, -0.2) is 0 Å². The zero-order valence-corrected chi connectivity index (χ0v) is 9.90. The van der Waals surface area contributed by atoms with Crippen molar-refractivity contribution >= 4 is 0 Å². The largest absolute Gasteiger partial charge is 0.493 e. The van der Waals surface area contributed by atoms with Crippen LogP contribution in [0.2, 0.25) is 0 Å². The third kappa shape index (κ3) is 2.97. The molecule has 1 N–H and O–H groups in total. The number of ether oxygens (including phenoxy) is 2. The van der Waals surface area contributed by atoms with E-state index < -0.39 is 0 Å². The highest BCUT2D eigenvalue weighted by atomic mass is 16.5. The minimum Gasteiger partial charge on any atom is -0.493 e. The summed E-state index contributed by atoms with van der Waals surface area (Å²) in [7, 11) is 0. The lowest BCUT2D eigenvalue weighted by atomic mass is 10.1. The van der Waals surface area contributed by atoms with Crippen LogP contribution in [-0.2, 0) is 4.74 Å². The molecule has 1 fully saturated rings. The maximum Gasteiger partial charge on any atom is 0.119 e. The van der Waals surface area contributed by atoms with Crippen molar-refractivity contribution in [2.75, 3.05) is 19.9 Å². The Balaban J connectivity index is 1.93. The molecule has 1 aliphatic heterocycles. The Morgan fingerprint density at radius 1 is 1.38 bits per heavy atom. The molecule has 1 aliphatic rings. The molecule has 1 aromatic carbocycles. The van der Waals surface area contributed by atoms with Crippen molar-refractivity contribution in [2.24, 2.45) is 5.92 Å². The molecule has 1 heterocycles. The Morgan fingerprint density at radius 2 is 2.12 bits per heavy atom. The first-order chi connectivity index (χ1) is 7.75. The fraction of sp³-hybridized carbons (Fsp3) is 0.538. The fourth-order valence-electron chi connectivity index (χ4n) is 1.66. The smallest absolute Gasteiger partial charge is 0.119 e. The van der Waals surface area contributed by atoms with E-state index in [1.165, 1.54) is 5.56 Å². The highest BCUT2D eigenvalue weighted by molar-refractivity contribution is 5.29. The zero-order chi connectivity index (χ0) is 11.4. The highest BCUT2D eigenvalue weighted by Gasteiger charge is 2.16. The van der Waals surface area contributed by atoms with Crippen molar-refractivity contribution in [1.82, 2.24) is 5.32 Å². The SMILES string of the molecule is CC(C)COc1ccc(C2CNCO2)cc1. The second kappa shape index (κ2) is 5.32. The first-order valence-electron chi connectivity index (χ1n) is 5.81. The molecule has 0 aliphatic carbocycles. The summed E-state index contributed by atoms with van der Waals surface area (Å²) < 4.78 is 11.2. The molecule has 3 heteroatoms. The Labute approximate surface area is 96.8 Å². The number of hydrogen-bond donors (Lipinski definition) is 1. The van der Waals surface area contributed by atoms with Gasteiger partial charge >= 0.3 is 0 Å². The van der Waals surface area contributed by atoms with E-state index in [1.807, 2.05) is 12.1 Å². The monoisotopic (exact) mass is 221 g/mol. The van der Waals surface area contributed by atoms with E-state index in [1.54, 1.807) is 0 Å². The molecule has 1 saturated heterocycles. The van der Waals surface area contributed by atoms with Gasteiger partial charge in [0.2, 0.25) is 0 Å². The van der Waals surface area contributed by atoms with E-state index in [-0.39, 0.29) is 6.10 Å². The third-order valence-corrected chi connectivity index (χ3v) is 2.55. The van der Waals surface area contributed by atoms with Crippen LogP contribution in [0.1, 0.15) is 25.5 Å². The zero-order valence-electron chi connectivity index (χ0n) is 9.90. The minimum atomic E-state index is 0.194. The lowest BCUT2D eigenvalue weighted by Crippen LogP contribution is -2.08. The van der Waals surface area contributed by atoms with Crippen LogP contribution in [0.25, 0.3) is 0 Å². The molecule has 3 nitrogen and oxygen atoms in total. The average Bonchev–Trinajstić information content (AvgIpc) is 2.80. The van der Waals surface area contributed by atoms with E-state index in [4.69, 9.17) is 9.47 Å². The summed E-state index contributed by atoms with van der Waals surface area (Å²) in [6.45, 7) is 6.60.